The fourth-order valence-electron chi connectivity index (χ4n) is 2.06. The molecule has 0 aromatic carbocycles. The number of amides is 2. The number of carboxylic acids is 1. The Morgan fingerprint density at radius 2 is 2.05 bits per heavy atom. The van der Waals surface area contributed by atoms with Gasteiger partial charge in [0.2, 0.25) is 0 Å². The van der Waals surface area contributed by atoms with E-state index in [0.717, 1.165) is 13.1 Å². The molecule has 1 saturated heterocycles. The molecule has 8 heteroatoms. The molecule has 0 saturated carbocycles. The van der Waals surface area contributed by atoms with Gasteiger partial charge in [-0.25, -0.2) is 9.59 Å². The molecule has 0 aromatic rings. The summed E-state index contributed by atoms with van der Waals surface area (Å²) in [5.41, 5.74) is -0.551. The average Bonchev–Trinajstić information content (AvgIpc) is 2.39. The Balaban J connectivity index is 2.14. The Bertz CT molecular complexity index is 358. The summed E-state index contributed by atoms with van der Waals surface area (Å²) in [4.78, 5) is 26.0. The van der Waals surface area contributed by atoms with Crippen molar-refractivity contribution in [2.24, 2.45) is 0 Å². The first kappa shape index (κ1) is 17.7. The van der Waals surface area contributed by atoms with Crippen molar-refractivity contribution in [1.29, 1.82) is 0 Å². The number of nitrogens with zero attached hydrogens (tertiary/aromatic N) is 2. The summed E-state index contributed by atoms with van der Waals surface area (Å²) < 4.78 is 10.2. The Kier molecular flexibility index (Phi) is 6.86. The lowest BCUT2D eigenvalue weighted by Gasteiger charge is -2.47. The summed E-state index contributed by atoms with van der Waals surface area (Å²) in [6.45, 7) is 5.07. The van der Waals surface area contributed by atoms with E-state index >= 15 is 0 Å². The smallest absolute Gasteiger partial charge is 0.329 e. The molecule has 2 N–H and O–H groups in total. The Labute approximate surface area is 125 Å². The molecule has 1 heterocycles. The van der Waals surface area contributed by atoms with Crippen LogP contribution in [0.4, 0.5) is 4.79 Å². The van der Waals surface area contributed by atoms with Gasteiger partial charge < -0.3 is 29.7 Å². The van der Waals surface area contributed by atoms with Gasteiger partial charge >= 0.3 is 12.0 Å². The van der Waals surface area contributed by atoms with E-state index in [1.54, 1.807) is 18.9 Å². The van der Waals surface area contributed by atoms with Gasteiger partial charge in [-0.1, -0.05) is 0 Å². The van der Waals surface area contributed by atoms with Crippen LogP contribution in [-0.4, -0.2) is 92.6 Å². The summed E-state index contributed by atoms with van der Waals surface area (Å²) in [5, 5.41) is 11.4. The number of carboxylic acid groups (broad SMARTS) is 1. The van der Waals surface area contributed by atoms with Gasteiger partial charge in [0.25, 0.3) is 0 Å². The number of likely N-dealkylation sites (N-methyl/N-ethyl adjacent to an activating group) is 1. The zero-order valence-electron chi connectivity index (χ0n) is 12.9. The minimum atomic E-state index is -1.00. The van der Waals surface area contributed by atoms with Crippen molar-refractivity contribution in [1.82, 2.24) is 15.1 Å². The lowest BCUT2D eigenvalue weighted by molar-refractivity contribution is -0.159. The van der Waals surface area contributed by atoms with Crippen LogP contribution in [0.15, 0.2) is 0 Å². The maximum absolute atomic E-state index is 11.8. The predicted octanol–water partition coefficient (Wildman–Crippen LogP) is -0.550. The van der Waals surface area contributed by atoms with Crippen LogP contribution >= 0.6 is 0 Å². The van der Waals surface area contributed by atoms with Crippen molar-refractivity contribution in [3.8, 4) is 0 Å². The molecular formula is C13H25N3O5. The molecule has 0 atom stereocenters. The lowest BCUT2D eigenvalue weighted by Crippen LogP contribution is -2.65. The SMILES string of the molecule is COCCN(C)CCNC(=O)N1CC(C)(OCC(=O)O)C1. The molecule has 1 aliphatic heterocycles. The van der Waals surface area contributed by atoms with Crippen molar-refractivity contribution in [3.63, 3.8) is 0 Å². The number of methoxy groups -OCH3 is 1. The first-order valence-corrected chi connectivity index (χ1v) is 6.92. The number of hydrogen-bond donors (Lipinski definition) is 2. The highest BCUT2D eigenvalue weighted by Crippen LogP contribution is 2.24. The average molecular weight is 303 g/mol. The van der Waals surface area contributed by atoms with Crippen LogP contribution in [0.1, 0.15) is 6.92 Å². The Hall–Kier alpha value is -1.38. The standard InChI is InChI=1S/C13H25N3O5/c1-13(21-8-11(17)18)9-16(10-13)12(19)14-4-5-15(2)6-7-20-3/h4-10H2,1-3H3,(H,14,19)(H,17,18). The largest absolute Gasteiger partial charge is 0.480 e. The lowest BCUT2D eigenvalue weighted by atomic mass is 9.97. The highest BCUT2D eigenvalue weighted by atomic mass is 16.5. The summed E-state index contributed by atoms with van der Waals surface area (Å²) in [6, 6.07) is -0.147. The van der Waals surface area contributed by atoms with Crippen molar-refractivity contribution >= 4 is 12.0 Å². The minimum Gasteiger partial charge on any atom is -0.480 e. The second kappa shape index (κ2) is 8.16. The highest BCUT2D eigenvalue weighted by Gasteiger charge is 2.42. The zero-order chi connectivity index (χ0) is 15.9. The summed E-state index contributed by atoms with van der Waals surface area (Å²) in [5.74, 6) is -1.00. The Morgan fingerprint density at radius 3 is 2.62 bits per heavy atom. The number of rotatable bonds is 9. The molecule has 0 aliphatic carbocycles. The predicted molar refractivity (Wildman–Crippen MR) is 76.3 cm³/mol. The number of aliphatic carboxylic acids is 1. The van der Waals surface area contributed by atoms with Gasteiger partial charge in [-0.2, -0.15) is 0 Å². The van der Waals surface area contributed by atoms with Crippen molar-refractivity contribution in [2.45, 2.75) is 12.5 Å². The van der Waals surface area contributed by atoms with Gasteiger partial charge in [0, 0.05) is 26.7 Å². The number of hydrogen-bond acceptors (Lipinski definition) is 5. The normalized spacial score (nSPS) is 16.7. The number of urea groups is 1. The van der Waals surface area contributed by atoms with E-state index < -0.39 is 11.6 Å². The third-order valence-electron chi connectivity index (χ3n) is 3.33. The van der Waals surface area contributed by atoms with E-state index in [1.165, 1.54) is 0 Å². The maximum Gasteiger partial charge on any atom is 0.329 e. The van der Waals surface area contributed by atoms with Crippen LogP contribution in [0.5, 0.6) is 0 Å². The number of carbonyl (C=O) groups is 2. The number of ether oxygens (including phenoxy) is 2. The molecule has 0 bridgehead atoms. The molecular weight excluding hydrogens is 278 g/mol. The highest BCUT2D eigenvalue weighted by molar-refractivity contribution is 5.75. The molecule has 0 unspecified atom stereocenters. The first-order valence-electron chi connectivity index (χ1n) is 6.92. The quantitative estimate of drug-likeness (QED) is 0.594. The number of nitrogens with one attached hydrogen (secondary N) is 1. The third kappa shape index (κ3) is 6.28. The maximum atomic E-state index is 11.8. The van der Waals surface area contributed by atoms with Crippen LogP contribution in [0.25, 0.3) is 0 Å². The second-order valence-corrected chi connectivity index (χ2v) is 5.52. The summed E-state index contributed by atoms with van der Waals surface area (Å²) in [6.07, 6.45) is 0. The van der Waals surface area contributed by atoms with E-state index in [2.05, 4.69) is 10.2 Å². The Morgan fingerprint density at radius 1 is 1.38 bits per heavy atom. The van der Waals surface area contributed by atoms with Crippen LogP contribution in [0.3, 0.4) is 0 Å². The monoisotopic (exact) mass is 303 g/mol. The van der Waals surface area contributed by atoms with Crippen molar-refractivity contribution in [2.75, 3.05) is 60.1 Å². The topological polar surface area (TPSA) is 91.3 Å². The van der Waals surface area contributed by atoms with Gasteiger partial charge in [0.1, 0.15) is 12.2 Å². The van der Waals surface area contributed by atoms with E-state index in [9.17, 15) is 9.59 Å². The van der Waals surface area contributed by atoms with E-state index in [-0.39, 0.29) is 12.6 Å². The van der Waals surface area contributed by atoms with E-state index in [0.29, 0.717) is 26.2 Å². The fraction of sp³-hybridized carbons (Fsp3) is 0.846. The van der Waals surface area contributed by atoms with Crippen molar-refractivity contribution in [3.05, 3.63) is 0 Å². The molecule has 8 nitrogen and oxygen atoms in total. The van der Waals surface area contributed by atoms with Gasteiger partial charge in [-0.05, 0) is 14.0 Å². The second-order valence-electron chi connectivity index (χ2n) is 5.52. The molecule has 1 aliphatic rings. The third-order valence-corrected chi connectivity index (χ3v) is 3.33. The van der Waals surface area contributed by atoms with E-state index in [4.69, 9.17) is 14.6 Å². The van der Waals surface area contributed by atoms with E-state index in [1.807, 2.05) is 7.05 Å². The minimum absolute atomic E-state index is 0.147. The zero-order valence-corrected chi connectivity index (χ0v) is 12.9. The van der Waals surface area contributed by atoms with Crippen molar-refractivity contribution < 1.29 is 24.2 Å². The molecule has 1 rings (SSSR count). The van der Waals surface area contributed by atoms with Crippen LogP contribution < -0.4 is 5.32 Å². The summed E-state index contributed by atoms with van der Waals surface area (Å²) in [7, 11) is 3.62. The molecule has 0 radical (unpaired) electrons. The molecule has 122 valence electrons. The summed E-state index contributed by atoms with van der Waals surface area (Å²) >= 11 is 0. The van der Waals surface area contributed by atoms with Gasteiger partial charge in [0.05, 0.1) is 19.7 Å². The molecule has 21 heavy (non-hydrogen) atoms. The molecule has 0 spiro atoms. The molecule has 0 aromatic heterocycles. The fourth-order valence-corrected chi connectivity index (χ4v) is 2.06. The van der Waals surface area contributed by atoms with Gasteiger partial charge in [0.15, 0.2) is 0 Å². The number of likely N-dealkylation sites (tertiary alicyclic amines) is 1. The van der Waals surface area contributed by atoms with Crippen LogP contribution in [-0.2, 0) is 14.3 Å². The van der Waals surface area contributed by atoms with Gasteiger partial charge in [-0.3, -0.25) is 0 Å². The molecule has 2 amide bonds. The van der Waals surface area contributed by atoms with Crippen LogP contribution in [0.2, 0.25) is 0 Å². The number of carbonyl (C=O) groups excluding carboxylic acids is 1. The first-order chi connectivity index (χ1) is 9.86. The molecule has 1 fully saturated rings. The van der Waals surface area contributed by atoms with Crippen LogP contribution in [0, 0.1) is 0 Å². The van der Waals surface area contributed by atoms with Gasteiger partial charge in [-0.15, -0.1) is 0 Å².